The Labute approximate surface area is 158 Å². The van der Waals surface area contributed by atoms with Crippen LogP contribution in [0.2, 0.25) is 5.02 Å². The molecule has 0 bridgehead atoms. The first-order chi connectivity index (χ1) is 12.5. The summed E-state index contributed by atoms with van der Waals surface area (Å²) in [5, 5.41) is 1.95. The Morgan fingerprint density at radius 1 is 1.23 bits per heavy atom. The third-order valence-corrected chi connectivity index (χ3v) is 5.74. The third-order valence-electron chi connectivity index (χ3n) is 5.50. The second-order valence-corrected chi connectivity index (χ2v) is 7.53. The van der Waals surface area contributed by atoms with E-state index in [2.05, 4.69) is 41.8 Å². The van der Waals surface area contributed by atoms with Gasteiger partial charge < -0.3 is 4.57 Å². The molecule has 2 aromatic carbocycles. The van der Waals surface area contributed by atoms with Crippen molar-refractivity contribution in [1.82, 2.24) is 9.47 Å². The summed E-state index contributed by atoms with van der Waals surface area (Å²) in [7, 11) is 2.15. The van der Waals surface area contributed by atoms with Crippen molar-refractivity contribution >= 4 is 34.3 Å². The van der Waals surface area contributed by atoms with Gasteiger partial charge in [0.25, 0.3) is 0 Å². The van der Waals surface area contributed by atoms with E-state index in [1.54, 1.807) is 6.07 Å². The number of hydrogen-bond donors (Lipinski definition) is 0. The summed E-state index contributed by atoms with van der Waals surface area (Å²) in [5.41, 5.74) is 5.28. The highest BCUT2D eigenvalue weighted by Gasteiger charge is 2.27. The Morgan fingerprint density at radius 3 is 2.77 bits per heavy atom. The molecule has 4 heteroatoms. The Kier molecular flexibility index (Phi) is 4.37. The number of rotatable bonds is 2. The number of nitrogens with zero attached hydrogens (tertiary/aromatic N) is 2. The summed E-state index contributed by atoms with van der Waals surface area (Å²) in [6.07, 6.45) is 3.05. The lowest BCUT2D eigenvalue weighted by molar-refractivity contribution is 0.242. The molecule has 0 radical (unpaired) electrons. The van der Waals surface area contributed by atoms with Gasteiger partial charge in [-0.1, -0.05) is 29.8 Å². The SMILES string of the molecule is C/C(=C/n1c2c(c3cc(Cl)ccc31)CCN(C)C2C)c1ccccc1F. The van der Waals surface area contributed by atoms with E-state index in [1.165, 1.54) is 22.7 Å². The number of benzene rings is 2. The van der Waals surface area contributed by atoms with Crippen LogP contribution in [0.3, 0.4) is 0 Å². The minimum absolute atomic E-state index is 0.195. The molecular weight excluding hydrogens is 347 g/mol. The molecule has 0 aliphatic carbocycles. The van der Waals surface area contributed by atoms with E-state index in [4.69, 9.17) is 11.6 Å². The lowest BCUT2D eigenvalue weighted by Gasteiger charge is -2.31. The Morgan fingerprint density at radius 2 is 2.00 bits per heavy atom. The summed E-state index contributed by atoms with van der Waals surface area (Å²) >= 11 is 6.27. The smallest absolute Gasteiger partial charge is 0.130 e. The quantitative estimate of drug-likeness (QED) is 0.538. The van der Waals surface area contributed by atoms with E-state index in [9.17, 15) is 4.39 Å². The van der Waals surface area contributed by atoms with Crippen molar-refractivity contribution in [2.24, 2.45) is 0 Å². The standard InChI is InChI=1S/C22H22ClFN2/c1-14(17-6-4-5-7-20(17)24)13-26-21-9-8-16(23)12-19(21)18-10-11-25(3)15(2)22(18)26/h4-9,12-13,15H,10-11H2,1-3H3/b14-13-. The van der Waals surface area contributed by atoms with Crippen LogP contribution in [0, 0.1) is 5.82 Å². The average Bonchev–Trinajstić information content (AvgIpc) is 2.92. The third kappa shape index (κ3) is 2.76. The van der Waals surface area contributed by atoms with E-state index < -0.39 is 0 Å². The van der Waals surface area contributed by atoms with Crippen LogP contribution in [0.25, 0.3) is 22.7 Å². The van der Waals surface area contributed by atoms with Crippen molar-refractivity contribution in [3.63, 3.8) is 0 Å². The maximum absolute atomic E-state index is 14.2. The summed E-state index contributed by atoms with van der Waals surface area (Å²) in [6, 6.07) is 13.2. The second kappa shape index (κ2) is 6.57. The number of aromatic nitrogens is 1. The number of likely N-dealkylation sites (N-methyl/N-ethyl adjacent to an activating group) is 1. The van der Waals surface area contributed by atoms with Gasteiger partial charge in [0, 0.05) is 40.5 Å². The maximum atomic E-state index is 14.2. The molecule has 26 heavy (non-hydrogen) atoms. The molecule has 3 aromatic rings. The summed E-state index contributed by atoms with van der Waals surface area (Å²) < 4.78 is 16.5. The molecule has 0 saturated carbocycles. The Hall–Kier alpha value is -2.10. The fraction of sp³-hybridized carbons (Fsp3) is 0.273. The highest BCUT2D eigenvalue weighted by atomic mass is 35.5. The predicted octanol–water partition coefficient (Wildman–Crippen LogP) is 6.00. The van der Waals surface area contributed by atoms with Crippen molar-refractivity contribution in [2.75, 3.05) is 13.6 Å². The number of hydrogen-bond acceptors (Lipinski definition) is 1. The van der Waals surface area contributed by atoms with Crippen LogP contribution in [0.4, 0.5) is 4.39 Å². The number of halogens is 2. The van der Waals surface area contributed by atoms with Crippen LogP contribution in [0.1, 0.15) is 36.7 Å². The van der Waals surface area contributed by atoms with Gasteiger partial charge in [0.1, 0.15) is 5.82 Å². The minimum Gasteiger partial charge on any atom is -0.318 e. The van der Waals surface area contributed by atoms with Crippen LogP contribution in [0.5, 0.6) is 0 Å². The lowest BCUT2D eigenvalue weighted by Crippen LogP contribution is -2.31. The van der Waals surface area contributed by atoms with Gasteiger partial charge in [0.15, 0.2) is 0 Å². The normalized spacial score (nSPS) is 18.3. The first kappa shape index (κ1) is 17.3. The second-order valence-electron chi connectivity index (χ2n) is 7.09. The molecule has 1 aliphatic rings. The first-order valence-electron chi connectivity index (χ1n) is 8.93. The van der Waals surface area contributed by atoms with Crippen molar-refractivity contribution in [2.45, 2.75) is 26.3 Å². The molecule has 2 heterocycles. The van der Waals surface area contributed by atoms with Gasteiger partial charge in [-0.05, 0) is 62.7 Å². The molecular formula is C22H22ClFN2. The van der Waals surface area contributed by atoms with Crippen molar-refractivity contribution < 1.29 is 4.39 Å². The van der Waals surface area contributed by atoms with E-state index in [-0.39, 0.29) is 11.9 Å². The van der Waals surface area contributed by atoms with Crippen molar-refractivity contribution in [3.8, 4) is 0 Å². The highest BCUT2D eigenvalue weighted by molar-refractivity contribution is 6.31. The van der Waals surface area contributed by atoms with Gasteiger partial charge in [0.05, 0.1) is 5.52 Å². The lowest BCUT2D eigenvalue weighted by atomic mass is 9.99. The molecule has 1 aliphatic heterocycles. The average molecular weight is 369 g/mol. The monoisotopic (exact) mass is 368 g/mol. The molecule has 1 aromatic heterocycles. The molecule has 134 valence electrons. The van der Waals surface area contributed by atoms with Crippen LogP contribution in [-0.4, -0.2) is 23.1 Å². The first-order valence-corrected chi connectivity index (χ1v) is 9.31. The van der Waals surface area contributed by atoms with Crippen molar-refractivity contribution in [1.29, 1.82) is 0 Å². The van der Waals surface area contributed by atoms with Crippen LogP contribution in [0.15, 0.2) is 42.5 Å². The zero-order valence-corrected chi connectivity index (χ0v) is 16.0. The molecule has 2 nitrogen and oxygen atoms in total. The molecule has 0 N–H and O–H groups in total. The van der Waals surface area contributed by atoms with Crippen molar-refractivity contribution in [3.05, 3.63) is 70.1 Å². The van der Waals surface area contributed by atoms with E-state index >= 15 is 0 Å². The van der Waals surface area contributed by atoms with Gasteiger partial charge in [-0.25, -0.2) is 4.39 Å². The number of allylic oxidation sites excluding steroid dienone is 1. The van der Waals surface area contributed by atoms with E-state index in [0.717, 1.165) is 29.1 Å². The number of fused-ring (bicyclic) bond motifs is 3. The van der Waals surface area contributed by atoms with Gasteiger partial charge in [-0.15, -0.1) is 0 Å². The Balaban J connectivity index is 1.98. The highest BCUT2D eigenvalue weighted by Crippen LogP contribution is 2.38. The molecule has 0 amide bonds. The predicted molar refractivity (Wildman–Crippen MR) is 108 cm³/mol. The molecule has 0 spiro atoms. The molecule has 1 atom stereocenters. The summed E-state index contributed by atoms with van der Waals surface area (Å²) in [6.45, 7) is 5.21. The van der Waals surface area contributed by atoms with Gasteiger partial charge >= 0.3 is 0 Å². The molecule has 0 saturated heterocycles. The summed E-state index contributed by atoms with van der Waals surface area (Å²) in [4.78, 5) is 2.35. The molecule has 0 fully saturated rings. The van der Waals surface area contributed by atoms with E-state index in [1.807, 2.05) is 25.1 Å². The van der Waals surface area contributed by atoms with Crippen LogP contribution >= 0.6 is 11.6 Å². The van der Waals surface area contributed by atoms with Crippen LogP contribution < -0.4 is 0 Å². The van der Waals surface area contributed by atoms with Crippen LogP contribution in [-0.2, 0) is 6.42 Å². The molecule has 1 unspecified atom stereocenters. The molecule has 4 rings (SSSR count). The maximum Gasteiger partial charge on any atom is 0.130 e. The zero-order valence-electron chi connectivity index (χ0n) is 15.3. The summed E-state index contributed by atoms with van der Waals surface area (Å²) in [5.74, 6) is -0.195. The Bertz CT molecular complexity index is 1020. The van der Waals surface area contributed by atoms with Gasteiger partial charge in [-0.3, -0.25) is 4.90 Å². The van der Waals surface area contributed by atoms with Gasteiger partial charge in [-0.2, -0.15) is 0 Å². The van der Waals surface area contributed by atoms with E-state index in [0.29, 0.717) is 5.56 Å². The minimum atomic E-state index is -0.195. The topological polar surface area (TPSA) is 8.17 Å². The zero-order chi connectivity index (χ0) is 18.4. The van der Waals surface area contributed by atoms with Gasteiger partial charge in [0.2, 0.25) is 0 Å². The largest absolute Gasteiger partial charge is 0.318 e. The fourth-order valence-electron chi connectivity index (χ4n) is 3.96. The fourth-order valence-corrected chi connectivity index (χ4v) is 4.14.